The quantitative estimate of drug-likeness (QED) is 0.511. The Morgan fingerprint density at radius 3 is 2.33 bits per heavy atom. The van der Waals surface area contributed by atoms with Crippen LogP contribution in [0.25, 0.3) is 0 Å². The molecule has 1 N–H and O–H groups in total. The van der Waals surface area contributed by atoms with Crippen molar-refractivity contribution in [2.24, 2.45) is 0 Å². The lowest BCUT2D eigenvalue weighted by atomic mass is 10.1. The monoisotopic (exact) mass is 468 g/mol. The highest BCUT2D eigenvalue weighted by Gasteiger charge is 2.28. The number of benzene rings is 3. The molecule has 0 aliphatic heterocycles. The van der Waals surface area contributed by atoms with Crippen LogP contribution in [-0.4, -0.2) is 35.1 Å². The van der Waals surface area contributed by atoms with Crippen molar-refractivity contribution in [3.63, 3.8) is 0 Å². The second-order valence-electron chi connectivity index (χ2n) is 7.56. The molecule has 0 aromatic heterocycles. The molecule has 1 unspecified atom stereocenters. The van der Waals surface area contributed by atoms with Gasteiger partial charge in [0.2, 0.25) is 5.91 Å². The average molecular weight is 469 g/mol. The van der Waals surface area contributed by atoms with Gasteiger partial charge in [-0.25, -0.2) is 8.42 Å². The molecule has 0 saturated heterocycles. The van der Waals surface area contributed by atoms with Crippen LogP contribution in [0.1, 0.15) is 24.1 Å². The van der Waals surface area contributed by atoms with Gasteiger partial charge < -0.3 is 14.8 Å². The van der Waals surface area contributed by atoms with Crippen molar-refractivity contribution in [3.8, 4) is 11.5 Å². The van der Waals surface area contributed by atoms with Gasteiger partial charge >= 0.3 is 0 Å². The SMILES string of the molecule is COc1ccc(OC)c(C(C)NC(=O)CN(c2ccccc2)S(=O)(=O)c2cccc(C)c2)c1. The molecule has 3 aromatic carbocycles. The number of carbonyl (C=O) groups excluding carboxylic acids is 1. The third kappa shape index (κ3) is 5.64. The van der Waals surface area contributed by atoms with Gasteiger partial charge in [-0.15, -0.1) is 0 Å². The molecule has 3 aromatic rings. The molecular formula is C25H28N2O5S. The lowest BCUT2D eigenvalue weighted by Gasteiger charge is -2.25. The number of rotatable bonds is 9. The van der Waals surface area contributed by atoms with E-state index in [1.807, 2.05) is 13.0 Å². The van der Waals surface area contributed by atoms with Crippen molar-refractivity contribution < 1.29 is 22.7 Å². The fourth-order valence-electron chi connectivity index (χ4n) is 3.49. The molecular weight excluding hydrogens is 440 g/mol. The molecule has 33 heavy (non-hydrogen) atoms. The van der Waals surface area contributed by atoms with Crippen LogP contribution in [0.3, 0.4) is 0 Å². The predicted molar refractivity (Wildman–Crippen MR) is 128 cm³/mol. The van der Waals surface area contributed by atoms with E-state index in [4.69, 9.17) is 9.47 Å². The van der Waals surface area contributed by atoms with Crippen LogP contribution in [0.15, 0.2) is 77.7 Å². The van der Waals surface area contributed by atoms with E-state index in [-0.39, 0.29) is 11.4 Å². The molecule has 0 aliphatic carbocycles. The number of carbonyl (C=O) groups is 1. The molecule has 8 heteroatoms. The van der Waals surface area contributed by atoms with Crippen LogP contribution in [0.2, 0.25) is 0 Å². The van der Waals surface area contributed by atoms with Gasteiger partial charge in [-0.3, -0.25) is 9.10 Å². The highest BCUT2D eigenvalue weighted by Crippen LogP contribution is 2.29. The Balaban J connectivity index is 1.89. The molecule has 1 atom stereocenters. The molecule has 7 nitrogen and oxygen atoms in total. The Kier molecular flexibility index (Phi) is 7.60. The fourth-order valence-corrected chi connectivity index (χ4v) is 5.01. The first kappa shape index (κ1) is 24.1. The van der Waals surface area contributed by atoms with Crippen molar-refractivity contribution >= 4 is 21.6 Å². The number of nitrogens with zero attached hydrogens (tertiary/aromatic N) is 1. The van der Waals surface area contributed by atoms with Gasteiger partial charge in [-0.05, 0) is 61.9 Å². The topological polar surface area (TPSA) is 84.9 Å². The third-order valence-electron chi connectivity index (χ3n) is 5.19. The first-order valence-corrected chi connectivity index (χ1v) is 11.9. The first-order valence-electron chi connectivity index (χ1n) is 10.4. The number of ether oxygens (including phenoxy) is 2. The zero-order valence-electron chi connectivity index (χ0n) is 19.1. The third-order valence-corrected chi connectivity index (χ3v) is 6.96. The van der Waals surface area contributed by atoms with Gasteiger partial charge in [0.15, 0.2) is 0 Å². The molecule has 174 valence electrons. The Morgan fingerprint density at radius 2 is 1.70 bits per heavy atom. The summed E-state index contributed by atoms with van der Waals surface area (Å²) in [5.41, 5.74) is 1.94. The summed E-state index contributed by atoms with van der Waals surface area (Å²) >= 11 is 0. The Morgan fingerprint density at radius 1 is 0.970 bits per heavy atom. The minimum Gasteiger partial charge on any atom is -0.497 e. The summed E-state index contributed by atoms with van der Waals surface area (Å²) in [7, 11) is -0.863. The lowest BCUT2D eigenvalue weighted by Crippen LogP contribution is -2.41. The largest absolute Gasteiger partial charge is 0.497 e. The number of anilines is 1. The van der Waals surface area contributed by atoms with Crippen molar-refractivity contribution in [2.45, 2.75) is 24.8 Å². The normalized spacial score (nSPS) is 12.0. The highest BCUT2D eigenvalue weighted by molar-refractivity contribution is 7.92. The summed E-state index contributed by atoms with van der Waals surface area (Å²) in [6, 6.07) is 20.1. The van der Waals surface area contributed by atoms with Crippen LogP contribution in [0.5, 0.6) is 11.5 Å². The van der Waals surface area contributed by atoms with E-state index in [1.54, 1.807) is 81.8 Å². The summed E-state index contributed by atoms with van der Waals surface area (Å²) in [6.45, 7) is 3.25. The smallest absolute Gasteiger partial charge is 0.264 e. The minimum atomic E-state index is -3.97. The van der Waals surface area contributed by atoms with E-state index in [0.29, 0.717) is 17.2 Å². The Labute approximate surface area is 195 Å². The molecule has 0 saturated carbocycles. The van der Waals surface area contributed by atoms with Crippen LogP contribution in [0.4, 0.5) is 5.69 Å². The van der Waals surface area contributed by atoms with E-state index >= 15 is 0 Å². The maximum absolute atomic E-state index is 13.5. The average Bonchev–Trinajstić information content (AvgIpc) is 2.82. The maximum atomic E-state index is 13.5. The van der Waals surface area contributed by atoms with Gasteiger partial charge in [0.05, 0.1) is 30.8 Å². The van der Waals surface area contributed by atoms with Gasteiger partial charge in [-0.2, -0.15) is 0 Å². The molecule has 0 bridgehead atoms. The summed E-state index contributed by atoms with van der Waals surface area (Å²) < 4.78 is 38.7. The molecule has 0 fully saturated rings. The van der Waals surface area contributed by atoms with Gasteiger partial charge in [0.25, 0.3) is 10.0 Å². The van der Waals surface area contributed by atoms with E-state index in [0.717, 1.165) is 15.4 Å². The van der Waals surface area contributed by atoms with Crippen molar-refractivity contribution in [1.29, 1.82) is 0 Å². The minimum absolute atomic E-state index is 0.127. The van der Waals surface area contributed by atoms with Crippen LogP contribution in [0, 0.1) is 6.92 Å². The number of methoxy groups -OCH3 is 2. The van der Waals surface area contributed by atoms with Gasteiger partial charge in [-0.1, -0.05) is 30.3 Å². The highest BCUT2D eigenvalue weighted by atomic mass is 32.2. The first-order chi connectivity index (χ1) is 15.8. The zero-order valence-corrected chi connectivity index (χ0v) is 19.9. The van der Waals surface area contributed by atoms with Crippen LogP contribution < -0.4 is 19.1 Å². The van der Waals surface area contributed by atoms with Crippen molar-refractivity contribution in [2.75, 3.05) is 25.1 Å². The summed E-state index contributed by atoms with van der Waals surface area (Å²) in [5.74, 6) is 0.767. The second-order valence-corrected chi connectivity index (χ2v) is 9.42. The Bertz CT molecular complexity index is 1210. The van der Waals surface area contributed by atoms with Crippen molar-refractivity contribution in [1.82, 2.24) is 5.32 Å². The Hall–Kier alpha value is -3.52. The molecule has 1 amide bonds. The van der Waals surface area contributed by atoms with Crippen LogP contribution >= 0.6 is 0 Å². The molecule has 0 heterocycles. The predicted octanol–water partition coefficient (Wildman–Crippen LogP) is 4.08. The standard InChI is InChI=1S/C25H28N2O5S/c1-18-9-8-12-22(15-18)33(29,30)27(20-10-6-5-7-11-20)17-25(28)26-19(2)23-16-21(31-3)13-14-24(23)32-4/h5-16,19H,17H2,1-4H3,(H,26,28). The summed E-state index contributed by atoms with van der Waals surface area (Å²) in [4.78, 5) is 13.1. The molecule has 0 spiro atoms. The fraction of sp³-hybridized carbons (Fsp3) is 0.240. The maximum Gasteiger partial charge on any atom is 0.264 e. The van der Waals surface area contributed by atoms with Crippen molar-refractivity contribution in [3.05, 3.63) is 83.9 Å². The number of para-hydroxylation sites is 1. The zero-order chi connectivity index (χ0) is 24.0. The van der Waals surface area contributed by atoms with Gasteiger partial charge in [0.1, 0.15) is 18.0 Å². The number of amides is 1. The van der Waals surface area contributed by atoms with E-state index in [2.05, 4.69) is 5.32 Å². The number of hydrogen-bond donors (Lipinski definition) is 1. The van der Waals surface area contributed by atoms with Crippen LogP contribution in [-0.2, 0) is 14.8 Å². The summed E-state index contributed by atoms with van der Waals surface area (Å²) in [6.07, 6.45) is 0. The lowest BCUT2D eigenvalue weighted by molar-refractivity contribution is -0.120. The molecule has 3 rings (SSSR count). The number of hydrogen-bond acceptors (Lipinski definition) is 5. The molecule has 0 aliphatic rings. The van der Waals surface area contributed by atoms with E-state index in [1.165, 1.54) is 6.07 Å². The number of aryl methyl sites for hydroxylation is 1. The number of nitrogens with one attached hydrogen (secondary N) is 1. The number of sulfonamides is 1. The van der Waals surface area contributed by atoms with E-state index < -0.39 is 22.0 Å². The van der Waals surface area contributed by atoms with E-state index in [9.17, 15) is 13.2 Å². The summed E-state index contributed by atoms with van der Waals surface area (Å²) in [5, 5.41) is 2.88. The molecule has 0 radical (unpaired) electrons. The van der Waals surface area contributed by atoms with Gasteiger partial charge in [0, 0.05) is 5.56 Å². The second kappa shape index (κ2) is 10.4.